The SMILES string of the molecule is CC(NCCC(=O)NCc1ccccc1)c1ccsc1. The van der Waals surface area contributed by atoms with E-state index >= 15 is 0 Å². The summed E-state index contributed by atoms with van der Waals surface area (Å²) in [5.74, 6) is 0.0823. The number of benzene rings is 1. The van der Waals surface area contributed by atoms with Gasteiger partial charge in [0.1, 0.15) is 0 Å². The lowest BCUT2D eigenvalue weighted by Gasteiger charge is -2.12. The molecule has 2 aromatic rings. The second-order valence-corrected chi connectivity index (χ2v) is 5.52. The van der Waals surface area contributed by atoms with Gasteiger partial charge < -0.3 is 10.6 Å². The summed E-state index contributed by atoms with van der Waals surface area (Å²) in [7, 11) is 0. The molecule has 0 bridgehead atoms. The zero-order chi connectivity index (χ0) is 14.2. The van der Waals surface area contributed by atoms with Crippen molar-refractivity contribution in [2.45, 2.75) is 25.9 Å². The van der Waals surface area contributed by atoms with Crippen molar-refractivity contribution in [3.05, 3.63) is 58.3 Å². The Bertz CT molecular complexity index is 511. The van der Waals surface area contributed by atoms with Gasteiger partial charge in [-0.1, -0.05) is 30.3 Å². The molecule has 4 heteroatoms. The maximum atomic E-state index is 11.7. The molecule has 1 amide bonds. The predicted molar refractivity (Wildman–Crippen MR) is 83.6 cm³/mol. The molecule has 3 nitrogen and oxygen atoms in total. The van der Waals surface area contributed by atoms with Crippen molar-refractivity contribution in [3.8, 4) is 0 Å². The molecule has 1 unspecified atom stereocenters. The lowest BCUT2D eigenvalue weighted by molar-refractivity contribution is -0.121. The van der Waals surface area contributed by atoms with Crippen molar-refractivity contribution < 1.29 is 4.79 Å². The van der Waals surface area contributed by atoms with Crippen LogP contribution in [0.1, 0.15) is 30.5 Å². The first-order valence-corrected chi connectivity index (χ1v) is 7.76. The third-order valence-electron chi connectivity index (χ3n) is 3.18. The molecule has 0 radical (unpaired) electrons. The van der Waals surface area contributed by atoms with E-state index in [1.807, 2.05) is 30.3 Å². The number of rotatable bonds is 7. The van der Waals surface area contributed by atoms with E-state index < -0.39 is 0 Å². The molecule has 1 aromatic carbocycles. The maximum Gasteiger partial charge on any atom is 0.221 e. The Labute approximate surface area is 124 Å². The Balaban J connectivity index is 1.63. The standard InChI is InChI=1S/C16H20N2OS/c1-13(15-8-10-20-12-15)17-9-7-16(19)18-11-14-5-3-2-4-6-14/h2-6,8,10,12-13,17H,7,9,11H2,1H3,(H,18,19). The highest BCUT2D eigenvalue weighted by molar-refractivity contribution is 7.07. The van der Waals surface area contributed by atoms with Gasteiger partial charge in [-0.15, -0.1) is 0 Å². The molecule has 0 aliphatic rings. The van der Waals surface area contributed by atoms with Crippen molar-refractivity contribution in [1.29, 1.82) is 0 Å². The van der Waals surface area contributed by atoms with Crippen LogP contribution in [-0.2, 0) is 11.3 Å². The summed E-state index contributed by atoms with van der Waals surface area (Å²) in [5.41, 5.74) is 2.40. The third kappa shape index (κ3) is 4.79. The summed E-state index contributed by atoms with van der Waals surface area (Å²) < 4.78 is 0. The molecule has 20 heavy (non-hydrogen) atoms. The number of nitrogens with one attached hydrogen (secondary N) is 2. The average molecular weight is 288 g/mol. The number of carbonyl (C=O) groups is 1. The topological polar surface area (TPSA) is 41.1 Å². The lowest BCUT2D eigenvalue weighted by Crippen LogP contribution is -2.28. The van der Waals surface area contributed by atoms with Gasteiger partial charge >= 0.3 is 0 Å². The normalized spacial score (nSPS) is 12.1. The Morgan fingerprint density at radius 3 is 2.75 bits per heavy atom. The molecule has 0 aliphatic carbocycles. The highest BCUT2D eigenvalue weighted by atomic mass is 32.1. The Morgan fingerprint density at radius 1 is 1.25 bits per heavy atom. The van der Waals surface area contributed by atoms with Crippen molar-refractivity contribution in [3.63, 3.8) is 0 Å². The first-order valence-electron chi connectivity index (χ1n) is 6.82. The number of hydrogen-bond acceptors (Lipinski definition) is 3. The molecular weight excluding hydrogens is 268 g/mol. The van der Waals surface area contributed by atoms with Crippen molar-refractivity contribution in [2.24, 2.45) is 0 Å². The minimum atomic E-state index is 0.0823. The summed E-state index contributed by atoms with van der Waals surface area (Å²) in [5, 5.41) is 10.5. The van der Waals surface area contributed by atoms with Crippen LogP contribution in [0, 0.1) is 0 Å². The fraction of sp³-hybridized carbons (Fsp3) is 0.312. The maximum absolute atomic E-state index is 11.7. The van der Waals surface area contributed by atoms with Crippen molar-refractivity contribution in [1.82, 2.24) is 10.6 Å². The van der Waals surface area contributed by atoms with Gasteiger partial charge in [-0.3, -0.25) is 4.79 Å². The molecule has 0 fully saturated rings. The van der Waals surface area contributed by atoms with Gasteiger partial charge in [0.15, 0.2) is 0 Å². The van der Waals surface area contributed by atoms with Gasteiger partial charge in [-0.05, 0) is 34.9 Å². The molecule has 2 rings (SSSR count). The molecular formula is C16H20N2OS. The first-order chi connectivity index (χ1) is 9.75. The zero-order valence-corrected chi connectivity index (χ0v) is 12.5. The van der Waals surface area contributed by atoms with E-state index in [0.717, 1.165) is 5.56 Å². The van der Waals surface area contributed by atoms with Crippen LogP contribution in [-0.4, -0.2) is 12.5 Å². The van der Waals surface area contributed by atoms with E-state index in [-0.39, 0.29) is 5.91 Å². The summed E-state index contributed by atoms with van der Waals surface area (Å²) in [6.07, 6.45) is 0.501. The quantitative estimate of drug-likeness (QED) is 0.822. The molecule has 106 valence electrons. The number of amides is 1. The summed E-state index contributed by atoms with van der Waals surface area (Å²) in [6, 6.07) is 12.4. The van der Waals surface area contributed by atoms with Crippen molar-refractivity contribution >= 4 is 17.2 Å². The van der Waals surface area contributed by atoms with Crippen LogP contribution < -0.4 is 10.6 Å². The van der Waals surface area contributed by atoms with Gasteiger partial charge in [-0.25, -0.2) is 0 Å². The molecule has 0 aliphatic heterocycles. The molecule has 1 aromatic heterocycles. The van der Waals surface area contributed by atoms with Crippen LogP contribution in [0.25, 0.3) is 0 Å². The van der Waals surface area contributed by atoms with E-state index in [2.05, 4.69) is 34.4 Å². The summed E-state index contributed by atoms with van der Waals surface area (Å²) in [6.45, 7) is 3.40. The van der Waals surface area contributed by atoms with E-state index in [1.165, 1.54) is 5.56 Å². The fourth-order valence-electron chi connectivity index (χ4n) is 1.93. The first kappa shape index (κ1) is 14.8. The van der Waals surface area contributed by atoms with E-state index in [0.29, 0.717) is 25.6 Å². The van der Waals surface area contributed by atoms with Crippen LogP contribution in [0.15, 0.2) is 47.2 Å². The summed E-state index contributed by atoms with van der Waals surface area (Å²) in [4.78, 5) is 11.7. The molecule has 0 saturated heterocycles. The van der Waals surface area contributed by atoms with Crippen molar-refractivity contribution in [2.75, 3.05) is 6.54 Å². The lowest BCUT2D eigenvalue weighted by atomic mass is 10.2. The number of carbonyl (C=O) groups excluding carboxylic acids is 1. The van der Waals surface area contributed by atoms with E-state index in [9.17, 15) is 4.79 Å². The highest BCUT2D eigenvalue weighted by Gasteiger charge is 2.06. The minimum absolute atomic E-state index is 0.0823. The second kappa shape index (κ2) is 7.82. The summed E-state index contributed by atoms with van der Waals surface area (Å²) >= 11 is 1.69. The zero-order valence-electron chi connectivity index (χ0n) is 11.6. The molecule has 1 heterocycles. The van der Waals surface area contributed by atoms with E-state index in [4.69, 9.17) is 0 Å². The van der Waals surface area contributed by atoms with Gasteiger partial charge in [0.25, 0.3) is 0 Å². The highest BCUT2D eigenvalue weighted by Crippen LogP contribution is 2.15. The van der Waals surface area contributed by atoms with Gasteiger partial charge in [-0.2, -0.15) is 11.3 Å². The van der Waals surface area contributed by atoms with E-state index in [1.54, 1.807) is 11.3 Å². The Hall–Kier alpha value is -1.65. The Morgan fingerprint density at radius 2 is 2.05 bits per heavy atom. The number of thiophene rings is 1. The molecule has 0 saturated carbocycles. The third-order valence-corrected chi connectivity index (χ3v) is 3.88. The van der Waals surface area contributed by atoms with Crippen LogP contribution in [0.3, 0.4) is 0 Å². The monoisotopic (exact) mass is 288 g/mol. The van der Waals surface area contributed by atoms with Crippen LogP contribution >= 0.6 is 11.3 Å². The second-order valence-electron chi connectivity index (χ2n) is 4.74. The molecule has 1 atom stereocenters. The minimum Gasteiger partial charge on any atom is -0.352 e. The van der Waals surface area contributed by atoms with Gasteiger partial charge in [0, 0.05) is 25.6 Å². The largest absolute Gasteiger partial charge is 0.352 e. The predicted octanol–water partition coefficient (Wildman–Crippen LogP) is 3.11. The average Bonchev–Trinajstić information content (AvgIpc) is 3.00. The van der Waals surface area contributed by atoms with Crippen LogP contribution in [0.5, 0.6) is 0 Å². The van der Waals surface area contributed by atoms with Gasteiger partial charge in [0.05, 0.1) is 0 Å². The van der Waals surface area contributed by atoms with Crippen LogP contribution in [0.2, 0.25) is 0 Å². The fourth-order valence-corrected chi connectivity index (χ4v) is 2.68. The molecule has 2 N–H and O–H groups in total. The number of hydrogen-bond donors (Lipinski definition) is 2. The van der Waals surface area contributed by atoms with Crippen LogP contribution in [0.4, 0.5) is 0 Å². The smallest absolute Gasteiger partial charge is 0.221 e. The van der Waals surface area contributed by atoms with Gasteiger partial charge in [0.2, 0.25) is 5.91 Å². The molecule has 0 spiro atoms. The Kier molecular flexibility index (Phi) is 5.77.